The molecule has 7 heavy (non-hydrogen) atoms. The van der Waals surface area contributed by atoms with Crippen molar-refractivity contribution in [1.82, 2.24) is 0 Å². The van der Waals surface area contributed by atoms with E-state index in [0.717, 1.165) is 12.0 Å². The fourth-order valence-corrected chi connectivity index (χ4v) is 1.08. The second-order valence-electron chi connectivity index (χ2n) is 1.22. The molecule has 0 saturated heterocycles. The van der Waals surface area contributed by atoms with Crippen LogP contribution in [0.25, 0.3) is 0 Å². The van der Waals surface area contributed by atoms with Gasteiger partial charge >= 0.3 is 49.3 Å². The molecule has 0 aliphatic rings. The Kier molecular flexibility index (Phi) is 10.9. The SMILES string of the molecule is [CH-]=C(C)C[CH]=[W].[W]. The van der Waals surface area contributed by atoms with Gasteiger partial charge in [0.1, 0.15) is 0 Å². The molecule has 0 aromatic carbocycles. The molecule has 2 heteroatoms. The van der Waals surface area contributed by atoms with Gasteiger partial charge < -0.3 is 0 Å². The Balaban J connectivity index is 0. The molecule has 0 rings (SSSR count). The Bertz CT molecular complexity index is 66.5. The van der Waals surface area contributed by atoms with Crippen LogP contribution in [-0.4, -0.2) is 4.40 Å². The van der Waals surface area contributed by atoms with Gasteiger partial charge in [0.2, 0.25) is 0 Å². The minimum absolute atomic E-state index is 0. The van der Waals surface area contributed by atoms with Crippen LogP contribution in [-0.2, 0) is 40.4 Å². The molecule has 0 atom stereocenters. The molecule has 0 radical (unpaired) electrons. The normalized spacial score (nSPS) is 6.43. The summed E-state index contributed by atoms with van der Waals surface area (Å²) >= 11 is 1.50. The van der Waals surface area contributed by atoms with Crippen molar-refractivity contribution in [2.45, 2.75) is 13.3 Å². The zero-order chi connectivity index (χ0) is 4.99. The molecule has 0 saturated carbocycles. The maximum absolute atomic E-state index is 5.30. The first kappa shape index (κ1) is 10.9. The second kappa shape index (κ2) is 6.99. The van der Waals surface area contributed by atoms with Crippen LogP contribution in [0.5, 0.6) is 0 Å². The average Bonchev–Trinajstić information content (AvgIpc) is 1.35. The summed E-state index contributed by atoms with van der Waals surface area (Å²) in [4.78, 5) is 0. The van der Waals surface area contributed by atoms with Crippen LogP contribution in [0.15, 0.2) is 5.57 Å². The molecule has 0 aromatic rings. The third kappa shape index (κ3) is 10.9. The van der Waals surface area contributed by atoms with E-state index < -0.39 is 0 Å². The standard InChI is InChI=1S/C5H7.2W/c1-4-5(2)3;;/h1-2H,4H2,3H3;;/q-1;;. The minimum Gasteiger partial charge on any atom is 0 e. The number of hydrogen-bond acceptors (Lipinski definition) is 0. The van der Waals surface area contributed by atoms with Gasteiger partial charge in [-0.05, 0) is 0 Å². The van der Waals surface area contributed by atoms with E-state index in [2.05, 4.69) is 4.40 Å². The van der Waals surface area contributed by atoms with Gasteiger partial charge in [0.25, 0.3) is 0 Å². The molecule has 0 amide bonds. The third-order valence-corrected chi connectivity index (χ3v) is 1.00. The first-order chi connectivity index (χ1) is 2.77. The van der Waals surface area contributed by atoms with Gasteiger partial charge in [-0.25, -0.2) is 0 Å². The molecule has 40 valence electrons. The van der Waals surface area contributed by atoms with Crippen molar-refractivity contribution >= 4 is 4.40 Å². The molecule has 0 aliphatic heterocycles. The summed E-state index contributed by atoms with van der Waals surface area (Å²) in [5.41, 5.74) is 1.00. The summed E-state index contributed by atoms with van der Waals surface area (Å²) in [6.07, 6.45) is 0.981. The molecule has 0 aliphatic carbocycles. The van der Waals surface area contributed by atoms with Crippen LogP contribution < -0.4 is 0 Å². The Morgan fingerprint density at radius 1 is 1.86 bits per heavy atom. The minimum atomic E-state index is 0. The maximum Gasteiger partial charge on any atom is 0 e. The fraction of sp³-hybridized carbons (Fsp3) is 0.400. The molecule has 0 fully saturated rings. The summed E-state index contributed by atoms with van der Waals surface area (Å²) in [5.74, 6) is 0. The van der Waals surface area contributed by atoms with Crippen LogP contribution >= 0.6 is 0 Å². The van der Waals surface area contributed by atoms with E-state index in [-0.39, 0.29) is 21.1 Å². The monoisotopic (exact) mass is 435 g/mol. The Labute approximate surface area is 70.1 Å². The first-order valence-electron chi connectivity index (χ1n) is 1.79. The van der Waals surface area contributed by atoms with Crippen molar-refractivity contribution in [3.05, 3.63) is 12.2 Å². The summed E-state index contributed by atoms with van der Waals surface area (Å²) < 4.78 is 2.12. The van der Waals surface area contributed by atoms with E-state index in [1.165, 1.54) is 19.4 Å². The molecular weight excluding hydrogens is 428 g/mol. The molecular formula is C5H7W2-. The van der Waals surface area contributed by atoms with Crippen LogP contribution in [0.2, 0.25) is 0 Å². The maximum atomic E-state index is 5.30. The summed E-state index contributed by atoms with van der Waals surface area (Å²) in [5, 5.41) is 0. The van der Waals surface area contributed by atoms with Crippen molar-refractivity contribution < 1.29 is 40.4 Å². The van der Waals surface area contributed by atoms with Gasteiger partial charge in [-0.15, -0.1) is 0 Å². The quantitative estimate of drug-likeness (QED) is 0.571. The molecule has 0 aromatic heterocycles. The van der Waals surface area contributed by atoms with Gasteiger partial charge in [-0.1, -0.05) is 0 Å². The predicted octanol–water partition coefficient (Wildman–Crippen LogP) is 1.10. The molecule has 0 spiro atoms. The molecule has 0 unspecified atom stereocenters. The van der Waals surface area contributed by atoms with E-state index in [1.54, 1.807) is 0 Å². The largest absolute Gasteiger partial charge is 0 e. The smallest absolute Gasteiger partial charge is 0 e. The van der Waals surface area contributed by atoms with E-state index in [1.807, 2.05) is 6.92 Å². The van der Waals surface area contributed by atoms with Crippen LogP contribution in [0, 0.1) is 6.58 Å². The van der Waals surface area contributed by atoms with Gasteiger partial charge in [0.05, 0.1) is 0 Å². The van der Waals surface area contributed by atoms with Crippen molar-refractivity contribution in [1.29, 1.82) is 0 Å². The predicted molar refractivity (Wildman–Crippen MR) is 24.2 cm³/mol. The molecule has 0 heterocycles. The summed E-state index contributed by atoms with van der Waals surface area (Å²) in [6.45, 7) is 7.23. The number of allylic oxidation sites excluding steroid dienone is 1. The average molecular weight is 435 g/mol. The fourth-order valence-electron chi connectivity index (χ4n) is 0.131. The van der Waals surface area contributed by atoms with E-state index in [9.17, 15) is 0 Å². The van der Waals surface area contributed by atoms with E-state index in [4.69, 9.17) is 6.58 Å². The van der Waals surface area contributed by atoms with E-state index in [0.29, 0.717) is 0 Å². The van der Waals surface area contributed by atoms with Gasteiger partial charge in [0.15, 0.2) is 0 Å². The van der Waals surface area contributed by atoms with E-state index >= 15 is 0 Å². The second-order valence-corrected chi connectivity index (χ2v) is 2.41. The first-order valence-corrected chi connectivity index (χ1v) is 3.48. The van der Waals surface area contributed by atoms with Crippen molar-refractivity contribution in [2.75, 3.05) is 0 Å². The Morgan fingerprint density at radius 2 is 2.29 bits per heavy atom. The molecule has 0 nitrogen and oxygen atoms in total. The van der Waals surface area contributed by atoms with Gasteiger partial charge in [0, 0.05) is 21.1 Å². The van der Waals surface area contributed by atoms with Gasteiger partial charge in [-0.3, -0.25) is 0 Å². The summed E-state index contributed by atoms with van der Waals surface area (Å²) in [7, 11) is 0. The van der Waals surface area contributed by atoms with Crippen molar-refractivity contribution in [3.8, 4) is 0 Å². The zero-order valence-electron chi connectivity index (χ0n) is 4.18. The Morgan fingerprint density at radius 3 is 2.29 bits per heavy atom. The van der Waals surface area contributed by atoms with Gasteiger partial charge in [-0.2, -0.15) is 0 Å². The van der Waals surface area contributed by atoms with Crippen LogP contribution in [0.3, 0.4) is 0 Å². The topological polar surface area (TPSA) is 0 Å². The van der Waals surface area contributed by atoms with Crippen molar-refractivity contribution in [3.63, 3.8) is 0 Å². The third-order valence-electron chi connectivity index (χ3n) is 0.405. The zero-order valence-corrected chi connectivity index (χ0v) is 10.0. The number of hydrogen-bond donors (Lipinski definition) is 0. The Hall–Kier alpha value is 0.987. The molecule has 0 N–H and O–H groups in total. The summed E-state index contributed by atoms with van der Waals surface area (Å²) in [6, 6.07) is 0. The van der Waals surface area contributed by atoms with Crippen LogP contribution in [0.1, 0.15) is 13.3 Å². The van der Waals surface area contributed by atoms with Crippen LogP contribution in [0.4, 0.5) is 0 Å². The van der Waals surface area contributed by atoms with Crippen molar-refractivity contribution in [2.24, 2.45) is 0 Å². The molecule has 0 bridgehead atoms. The number of rotatable bonds is 2.